The first-order chi connectivity index (χ1) is 16.8. The standard InChI is InChI=1S/C28H27N5O/c29-15-19-6-11-22(12-7-19)33-17-25(24-16-30-18-31-28(24)33)21-9-8-20-10-13-27(32-26(20)14-21)34-23-4-2-1-3-5-23/h1-5,8-10,13-14,16-19,22H,6-7,11-12,15,29H2. The molecular weight excluding hydrogens is 422 g/mol. The zero-order chi connectivity index (χ0) is 22.9. The fourth-order valence-electron chi connectivity index (χ4n) is 5.09. The number of hydrogen-bond acceptors (Lipinski definition) is 5. The zero-order valence-electron chi connectivity index (χ0n) is 19.0. The molecule has 3 aromatic heterocycles. The van der Waals surface area contributed by atoms with Crippen molar-refractivity contribution in [1.29, 1.82) is 0 Å². The maximum atomic E-state index is 5.96. The smallest absolute Gasteiger partial charge is 0.219 e. The topological polar surface area (TPSA) is 78.9 Å². The molecule has 0 saturated heterocycles. The molecule has 0 aliphatic heterocycles. The molecule has 1 aliphatic rings. The SMILES string of the molecule is NCC1CCC(n2cc(-c3ccc4ccc(Oc5ccccc5)nc4c3)c3cncnc32)CC1. The Bertz CT molecular complexity index is 1440. The summed E-state index contributed by atoms with van der Waals surface area (Å²) in [7, 11) is 0. The summed E-state index contributed by atoms with van der Waals surface area (Å²) < 4.78 is 8.31. The van der Waals surface area contributed by atoms with Crippen molar-refractivity contribution in [3.8, 4) is 22.8 Å². The van der Waals surface area contributed by atoms with Crippen LogP contribution in [0.25, 0.3) is 33.1 Å². The number of para-hydroxylation sites is 1. The van der Waals surface area contributed by atoms with Crippen LogP contribution in [0, 0.1) is 5.92 Å². The second kappa shape index (κ2) is 8.88. The molecule has 1 saturated carbocycles. The Morgan fingerprint density at radius 2 is 1.79 bits per heavy atom. The summed E-state index contributed by atoms with van der Waals surface area (Å²) in [4.78, 5) is 13.8. The molecule has 1 fully saturated rings. The van der Waals surface area contributed by atoms with Gasteiger partial charge in [-0.05, 0) is 68.0 Å². The van der Waals surface area contributed by atoms with Gasteiger partial charge in [0.2, 0.25) is 5.88 Å². The van der Waals surface area contributed by atoms with Crippen LogP contribution < -0.4 is 10.5 Å². The predicted octanol–water partition coefficient (Wildman–Crippen LogP) is 6.13. The van der Waals surface area contributed by atoms with Crippen molar-refractivity contribution < 1.29 is 4.74 Å². The van der Waals surface area contributed by atoms with Crippen molar-refractivity contribution in [2.24, 2.45) is 11.7 Å². The van der Waals surface area contributed by atoms with Crippen molar-refractivity contribution >= 4 is 21.9 Å². The molecule has 34 heavy (non-hydrogen) atoms. The van der Waals surface area contributed by atoms with E-state index in [4.69, 9.17) is 15.5 Å². The summed E-state index contributed by atoms with van der Waals surface area (Å²) in [5.41, 5.74) is 10.0. The van der Waals surface area contributed by atoms with Crippen LogP contribution in [0.2, 0.25) is 0 Å². The second-order valence-corrected chi connectivity index (χ2v) is 9.09. The summed E-state index contributed by atoms with van der Waals surface area (Å²) in [5, 5.41) is 2.14. The number of ether oxygens (including phenoxy) is 1. The van der Waals surface area contributed by atoms with Crippen LogP contribution in [0.5, 0.6) is 11.6 Å². The third-order valence-electron chi connectivity index (χ3n) is 6.98. The fourth-order valence-corrected chi connectivity index (χ4v) is 5.09. The quantitative estimate of drug-likeness (QED) is 0.349. The molecule has 0 spiro atoms. The lowest BCUT2D eigenvalue weighted by Gasteiger charge is -2.29. The highest BCUT2D eigenvalue weighted by atomic mass is 16.5. The molecule has 0 bridgehead atoms. The number of nitrogens with two attached hydrogens (primary N) is 1. The molecule has 5 aromatic rings. The van der Waals surface area contributed by atoms with Gasteiger partial charge < -0.3 is 15.0 Å². The first-order valence-electron chi connectivity index (χ1n) is 11.9. The summed E-state index contributed by atoms with van der Waals surface area (Å²) in [6, 6.07) is 20.5. The van der Waals surface area contributed by atoms with Crippen molar-refractivity contribution in [2.75, 3.05) is 6.54 Å². The molecule has 0 amide bonds. The summed E-state index contributed by atoms with van der Waals surface area (Å²) in [5.74, 6) is 2.00. The molecule has 1 aliphatic carbocycles. The maximum Gasteiger partial charge on any atom is 0.219 e. The monoisotopic (exact) mass is 449 g/mol. The van der Waals surface area contributed by atoms with Gasteiger partial charge in [-0.3, -0.25) is 0 Å². The molecule has 6 nitrogen and oxygen atoms in total. The molecule has 6 heteroatoms. The van der Waals surface area contributed by atoms with Crippen LogP contribution in [0.4, 0.5) is 0 Å². The number of rotatable bonds is 5. The van der Waals surface area contributed by atoms with E-state index in [1.54, 1.807) is 6.33 Å². The first-order valence-corrected chi connectivity index (χ1v) is 11.9. The normalized spacial score (nSPS) is 18.4. The van der Waals surface area contributed by atoms with E-state index in [1.165, 1.54) is 12.8 Å². The number of benzene rings is 2. The van der Waals surface area contributed by atoms with Crippen LogP contribution in [0.3, 0.4) is 0 Å². The molecule has 2 N–H and O–H groups in total. The van der Waals surface area contributed by atoms with E-state index in [2.05, 4.69) is 38.9 Å². The van der Waals surface area contributed by atoms with Gasteiger partial charge in [-0.1, -0.05) is 30.3 Å². The van der Waals surface area contributed by atoms with E-state index in [0.29, 0.717) is 17.8 Å². The molecule has 3 heterocycles. The average Bonchev–Trinajstić information content (AvgIpc) is 3.29. The van der Waals surface area contributed by atoms with Crippen LogP contribution in [0.1, 0.15) is 31.7 Å². The third kappa shape index (κ3) is 3.90. The summed E-state index contributed by atoms with van der Waals surface area (Å²) in [6.07, 6.45) is 10.4. The molecule has 0 unspecified atom stereocenters. The minimum atomic E-state index is 0.443. The van der Waals surface area contributed by atoms with Gasteiger partial charge in [0.1, 0.15) is 17.7 Å². The largest absolute Gasteiger partial charge is 0.439 e. The predicted molar refractivity (Wildman–Crippen MR) is 135 cm³/mol. The lowest BCUT2D eigenvalue weighted by atomic mass is 9.86. The van der Waals surface area contributed by atoms with E-state index < -0.39 is 0 Å². The molecule has 0 atom stereocenters. The van der Waals surface area contributed by atoms with Crippen molar-refractivity contribution in [2.45, 2.75) is 31.7 Å². The van der Waals surface area contributed by atoms with Gasteiger partial charge >= 0.3 is 0 Å². The van der Waals surface area contributed by atoms with Crippen molar-refractivity contribution in [3.63, 3.8) is 0 Å². The van der Waals surface area contributed by atoms with Crippen LogP contribution in [-0.4, -0.2) is 26.1 Å². The van der Waals surface area contributed by atoms with Crippen LogP contribution >= 0.6 is 0 Å². The van der Waals surface area contributed by atoms with Gasteiger partial charge in [-0.2, -0.15) is 0 Å². The van der Waals surface area contributed by atoms with Gasteiger partial charge in [0.25, 0.3) is 0 Å². The van der Waals surface area contributed by atoms with Crippen molar-refractivity contribution in [3.05, 3.63) is 79.4 Å². The Morgan fingerprint density at radius 1 is 0.971 bits per heavy atom. The van der Waals surface area contributed by atoms with Crippen LogP contribution in [0.15, 0.2) is 79.4 Å². The lowest BCUT2D eigenvalue weighted by Crippen LogP contribution is -2.23. The van der Waals surface area contributed by atoms with E-state index in [9.17, 15) is 0 Å². The Morgan fingerprint density at radius 3 is 2.62 bits per heavy atom. The highest BCUT2D eigenvalue weighted by Gasteiger charge is 2.24. The number of aromatic nitrogens is 4. The van der Waals surface area contributed by atoms with E-state index in [1.807, 2.05) is 48.7 Å². The first kappa shape index (κ1) is 20.8. The number of hydrogen-bond donors (Lipinski definition) is 1. The minimum Gasteiger partial charge on any atom is -0.439 e. The summed E-state index contributed by atoms with van der Waals surface area (Å²) >= 11 is 0. The number of nitrogens with zero attached hydrogens (tertiary/aromatic N) is 4. The molecule has 170 valence electrons. The van der Waals surface area contributed by atoms with E-state index >= 15 is 0 Å². The van der Waals surface area contributed by atoms with Crippen molar-refractivity contribution in [1.82, 2.24) is 19.5 Å². The Hall–Kier alpha value is -3.77. The van der Waals surface area contributed by atoms with Gasteiger partial charge in [0, 0.05) is 40.8 Å². The highest BCUT2D eigenvalue weighted by molar-refractivity contribution is 5.96. The van der Waals surface area contributed by atoms with Crippen LogP contribution in [-0.2, 0) is 0 Å². The average molecular weight is 450 g/mol. The Kier molecular flexibility index (Phi) is 5.43. The number of pyridine rings is 1. The van der Waals surface area contributed by atoms with Gasteiger partial charge in [0.05, 0.1) is 5.52 Å². The van der Waals surface area contributed by atoms with Gasteiger partial charge in [-0.25, -0.2) is 15.0 Å². The van der Waals surface area contributed by atoms with E-state index in [-0.39, 0.29) is 0 Å². The fraction of sp³-hybridized carbons (Fsp3) is 0.250. The number of fused-ring (bicyclic) bond motifs is 2. The second-order valence-electron chi connectivity index (χ2n) is 9.09. The molecular formula is C28H27N5O. The van der Waals surface area contributed by atoms with Gasteiger partial charge in [-0.15, -0.1) is 0 Å². The summed E-state index contributed by atoms with van der Waals surface area (Å²) in [6.45, 7) is 0.784. The van der Waals surface area contributed by atoms with E-state index in [0.717, 1.165) is 58.2 Å². The molecule has 6 rings (SSSR count). The molecule has 0 radical (unpaired) electrons. The Labute approximate surface area is 198 Å². The minimum absolute atomic E-state index is 0.443. The maximum absolute atomic E-state index is 5.96. The Balaban J connectivity index is 1.38. The zero-order valence-corrected chi connectivity index (χ0v) is 19.0. The van der Waals surface area contributed by atoms with Gasteiger partial charge in [0.15, 0.2) is 0 Å². The molecule has 2 aromatic carbocycles. The highest BCUT2D eigenvalue weighted by Crippen LogP contribution is 2.38. The third-order valence-corrected chi connectivity index (χ3v) is 6.98. The lowest BCUT2D eigenvalue weighted by molar-refractivity contribution is 0.283.